The summed E-state index contributed by atoms with van der Waals surface area (Å²) in [5.74, 6) is -0.603. The topological polar surface area (TPSA) is 64.9 Å². The molecule has 0 aromatic heterocycles. The molecule has 1 aromatic carbocycles. The summed E-state index contributed by atoms with van der Waals surface area (Å²) >= 11 is 0. The number of rotatable bonds is 1. The average Bonchev–Trinajstić information content (AvgIpc) is 2.18. The van der Waals surface area contributed by atoms with E-state index < -0.39 is 11.8 Å². The van der Waals surface area contributed by atoms with Crippen LogP contribution in [-0.2, 0) is 0 Å². The van der Waals surface area contributed by atoms with E-state index in [0.29, 0.717) is 5.69 Å². The van der Waals surface area contributed by atoms with Crippen LogP contribution < -0.4 is 10.6 Å². The van der Waals surface area contributed by atoms with Gasteiger partial charge in [-0.25, -0.2) is 9.18 Å². The molecule has 4 nitrogen and oxygen atoms in total. The minimum Gasteiger partial charge on any atom is -0.333 e. The Morgan fingerprint density at radius 2 is 2.06 bits per heavy atom. The van der Waals surface area contributed by atoms with Crippen molar-refractivity contribution in [1.82, 2.24) is 5.32 Å². The van der Waals surface area contributed by atoms with Crippen LogP contribution in [0.4, 0.5) is 14.9 Å². The number of urea groups is 1. The van der Waals surface area contributed by atoms with Crippen molar-refractivity contribution in [3.63, 3.8) is 0 Å². The van der Waals surface area contributed by atoms with Gasteiger partial charge in [0, 0.05) is 11.2 Å². The van der Waals surface area contributed by atoms with Crippen molar-refractivity contribution in [3.05, 3.63) is 29.6 Å². The van der Waals surface area contributed by atoms with Crippen molar-refractivity contribution in [1.29, 1.82) is 5.26 Å². The molecule has 0 saturated carbocycles. The molecule has 5 heteroatoms. The molecule has 0 unspecified atom stereocenters. The first-order valence-electron chi connectivity index (χ1n) is 5.10. The molecule has 2 N–H and O–H groups in total. The van der Waals surface area contributed by atoms with Crippen molar-refractivity contribution >= 4 is 11.7 Å². The summed E-state index contributed by atoms with van der Waals surface area (Å²) in [5.41, 5.74) is -0.0782. The predicted octanol–water partition coefficient (Wildman–Crippen LogP) is 2.62. The van der Waals surface area contributed by atoms with Gasteiger partial charge in [0.05, 0.1) is 5.56 Å². The van der Waals surface area contributed by atoms with Gasteiger partial charge in [0.1, 0.15) is 11.9 Å². The summed E-state index contributed by atoms with van der Waals surface area (Å²) in [6, 6.07) is 5.15. The highest BCUT2D eigenvalue weighted by Crippen LogP contribution is 2.14. The molecular formula is C12H14FN3O. The Hall–Kier alpha value is -2.09. The molecule has 0 saturated heterocycles. The van der Waals surface area contributed by atoms with Crippen LogP contribution in [0.3, 0.4) is 0 Å². The molecular weight excluding hydrogens is 221 g/mol. The first-order chi connectivity index (χ1) is 7.81. The maximum Gasteiger partial charge on any atom is 0.319 e. The monoisotopic (exact) mass is 235 g/mol. The maximum absolute atomic E-state index is 13.0. The van der Waals surface area contributed by atoms with E-state index >= 15 is 0 Å². The van der Waals surface area contributed by atoms with Gasteiger partial charge in [0.15, 0.2) is 0 Å². The standard InChI is InChI=1S/C12H14FN3O/c1-12(2,3)16-11(17)15-9-4-5-10(13)8(6-9)7-14/h4-6H,1-3H3,(H2,15,16,17). The number of hydrogen-bond donors (Lipinski definition) is 2. The molecule has 0 heterocycles. The van der Waals surface area contributed by atoms with E-state index in [2.05, 4.69) is 10.6 Å². The van der Waals surface area contributed by atoms with Gasteiger partial charge in [0.2, 0.25) is 0 Å². The number of halogens is 1. The van der Waals surface area contributed by atoms with E-state index in [1.165, 1.54) is 12.1 Å². The van der Waals surface area contributed by atoms with Crippen LogP contribution >= 0.6 is 0 Å². The zero-order chi connectivity index (χ0) is 13.1. The van der Waals surface area contributed by atoms with Crippen molar-refractivity contribution in [2.24, 2.45) is 0 Å². The van der Waals surface area contributed by atoms with Gasteiger partial charge in [-0.2, -0.15) is 5.26 Å². The Balaban J connectivity index is 2.77. The van der Waals surface area contributed by atoms with Crippen molar-refractivity contribution in [2.45, 2.75) is 26.3 Å². The molecule has 17 heavy (non-hydrogen) atoms. The minimum atomic E-state index is -0.603. The number of nitrogens with one attached hydrogen (secondary N) is 2. The van der Waals surface area contributed by atoms with Gasteiger partial charge in [-0.15, -0.1) is 0 Å². The molecule has 2 amide bonds. The van der Waals surface area contributed by atoms with Crippen molar-refractivity contribution in [3.8, 4) is 6.07 Å². The third-order valence-corrected chi connectivity index (χ3v) is 1.83. The lowest BCUT2D eigenvalue weighted by molar-refractivity contribution is 0.244. The summed E-state index contributed by atoms with van der Waals surface area (Å²) in [5, 5.41) is 13.9. The maximum atomic E-state index is 13.0. The van der Waals surface area contributed by atoms with Crippen LogP contribution in [0.2, 0.25) is 0 Å². The molecule has 0 bridgehead atoms. The SMILES string of the molecule is CC(C)(C)NC(=O)Nc1ccc(F)c(C#N)c1. The number of benzene rings is 1. The number of nitriles is 1. The van der Waals surface area contributed by atoms with E-state index in [4.69, 9.17) is 5.26 Å². The van der Waals surface area contributed by atoms with Crippen LogP contribution in [0, 0.1) is 17.1 Å². The second-order valence-electron chi connectivity index (χ2n) is 4.64. The lowest BCUT2D eigenvalue weighted by atomic mass is 10.1. The summed E-state index contributed by atoms with van der Waals surface area (Å²) in [4.78, 5) is 11.5. The van der Waals surface area contributed by atoms with Crippen LogP contribution in [-0.4, -0.2) is 11.6 Å². The minimum absolute atomic E-state index is 0.0986. The first-order valence-corrected chi connectivity index (χ1v) is 5.10. The van der Waals surface area contributed by atoms with Crippen molar-refractivity contribution in [2.75, 3.05) is 5.32 Å². The highest BCUT2D eigenvalue weighted by Gasteiger charge is 2.13. The lowest BCUT2D eigenvalue weighted by Crippen LogP contribution is -2.43. The summed E-state index contributed by atoms with van der Waals surface area (Å²) in [6.07, 6.45) is 0. The zero-order valence-corrected chi connectivity index (χ0v) is 9.97. The van der Waals surface area contributed by atoms with E-state index in [0.717, 1.165) is 6.07 Å². The Morgan fingerprint density at radius 3 is 2.59 bits per heavy atom. The largest absolute Gasteiger partial charge is 0.333 e. The van der Waals surface area contributed by atoms with Gasteiger partial charge in [-0.3, -0.25) is 0 Å². The van der Waals surface area contributed by atoms with Gasteiger partial charge < -0.3 is 10.6 Å². The third kappa shape index (κ3) is 4.11. The fraction of sp³-hybridized carbons (Fsp3) is 0.333. The van der Waals surface area contributed by atoms with E-state index in [-0.39, 0.29) is 11.1 Å². The number of hydrogen-bond acceptors (Lipinski definition) is 2. The molecule has 1 rings (SSSR count). The molecule has 0 atom stereocenters. The van der Waals surface area contributed by atoms with E-state index in [1.54, 1.807) is 6.07 Å². The summed E-state index contributed by atoms with van der Waals surface area (Å²) in [7, 11) is 0. The Labute approximate surface area is 99.4 Å². The molecule has 1 aromatic rings. The van der Waals surface area contributed by atoms with Gasteiger partial charge in [-0.05, 0) is 39.0 Å². The Bertz CT molecular complexity index is 472. The fourth-order valence-corrected chi connectivity index (χ4v) is 1.19. The predicted molar refractivity (Wildman–Crippen MR) is 63.0 cm³/mol. The summed E-state index contributed by atoms with van der Waals surface area (Å²) < 4.78 is 13.0. The fourth-order valence-electron chi connectivity index (χ4n) is 1.19. The zero-order valence-electron chi connectivity index (χ0n) is 9.97. The molecule has 0 spiro atoms. The quantitative estimate of drug-likeness (QED) is 0.785. The summed E-state index contributed by atoms with van der Waals surface area (Å²) in [6.45, 7) is 5.54. The lowest BCUT2D eigenvalue weighted by Gasteiger charge is -2.20. The normalized spacial score (nSPS) is 10.5. The molecule has 0 radical (unpaired) electrons. The van der Waals surface area contributed by atoms with E-state index in [1.807, 2.05) is 20.8 Å². The number of anilines is 1. The average molecular weight is 235 g/mol. The third-order valence-electron chi connectivity index (χ3n) is 1.83. The number of carbonyl (C=O) groups excluding carboxylic acids is 1. The number of nitrogens with zero attached hydrogens (tertiary/aromatic N) is 1. The highest BCUT2D eigenvalue weighted by molar-refractivity contribution is 5.89. The van der Waals surface area contributed by atoms with Crippen molar-refractivity contribution < 1.29 is 9.18 Å². The Morgan fingerprint density at radius 1 is 1.41 bits per heavy atom. The Kier molecular flexibility index (Phi) is 3.69. The molecule has 0 fully saturated rings. The molecule has 90 valence electrons. The first kappa shape index (κ1) is 13.0. The van der Waals surface area contributed by atoms with E-state index in [9.17, 15) is 9.18 Å². The van der Waals surface area contributed by atoms with Crippen LogP contribution in [0.15, 0.2) is 18.2 Å². The van der Waals surface area contributed by atoms with Gasteiger partial charge >= 0.3 is 6.03 Å². The molecule has 0 aliphatic rings. The van der Waals surface area contributed by atoms with Crippen LogP contribution in [0.1, 0.15) is 26.3 Å². The van der Waals surface area contributed by atoms with Crippen LogP contribution in [0.25, 0.3) is 0 Å². The molecule has 0 aliphatic carbocycles. The van der Waals surface area contributed by atoms with Crippen LogP contribution in [0.5, 0.6) is 0 Å². The second-order valence-corrected chi connectivity index (χ2v) is 4.64. The smallest absolute Gasteiger partial charge is 0.319 e. The van der Waals surface area contributed by atoms with Gasteiger partial charge in [0.25, 0.3) is 0 Å². The highest BCUT2D eigenvalue weighted by atomic mass is 19.1. The number of carbonyl (C=O) groups is 1. The van der Waals surface area contributed by atoms with Gasteiger partial charge in [-0.1, -0.05) is 0 Å². The number of amides is 2. The second kappa shape index (κ2) is 4.83. The molecule has 0 aliphatic heterocycles.